The second-order valence-electron chi connectivity index (χ2n) is 4.90. The van der Waals surface area contributed by atoms with Crippen LogP contribution in [0.3, 0.4) is 0 Å². The largest absolute Gasteiger partial charge is 0.325 e. The van der Waals surface area contributed by atoms with Gasteiger partial charge in [0.05, 0.1) is 10.7 Å². The second-order valence-corrected chi connectivity index (χ2v) is 5.30. The Hall–Kier alpha value is -2.86. The van der Waals surface area contributed by atoms with Gasteiger partial charge >= 0.3 is 0 Å². The van der Waals surface area contributed by atoms with Crippen LogP contribution in [0.15, 0.2) is 54.6 Å². The van der Waals surface area contributed by atoms with Gasteiger partial charge in [-0.2, -0.15) is 0 Å². The summed E-state index contributed by atoms with van der Waals surface area (Å²) in [5, 5.41) is 3.04. The molecular weight excluding hydrogens is 330 g/mol. The number of nitrogens with one attached hydrogen (secondary N) is 3. The van der Waals surface area contributed by atoms with E-state index < -0.39 is 11.8 Å². The Morgan fingerprint density at radius 1 is 0.792 bits per heavy atom. The van der Waals surface area contributed by atoms with Crippen molar-refractivity contribution in [3.05, 3.63) is 65.2 Å². The van der Waals surface area contributed by atoms with Crippen molar-refractivity contribution in [2.45, 2.75) is 12.8 Å². The summed E-state index contributed by atoms with van der Waals surface area (Å²) in [6.07, 6.45) is -0.0936. The lowest BCUT2D eigenvalue weighted by Crippen LogP contribution is -2.41. The van der Waals surface area contributed by atoms with Crippen LogP contribution < -0.4 is 16.2 Å². The van der Waals surface area contributed by atoms with Gasteiger partial charge in [-0.15, -0.1) is 0 Å². The molecule has 0 aromatic heterocycles. The number of benzene rings is 2. The highest BCUT2D eigenvalue weighted by Gasteiger charge is 2.10. The van der Waals surface area contributed by atoms with E-state index in [0.717, 1.165) is 0 Å². The first-order valence-corrected chi connectivity index (χ1v) is 7.62. The molecule has 2 aromatic carbocycles. The van der Waals surface area contributed by atoms with Crippen molar-refractivity contribution in [3.8, 4) is 0 Å². The van der Waals surface area contributed by atoms with Gasteiger partial charge in [-0.25, -0.2) is 0 Å². The zero-order valence-electron chi connectivity index (χ0n) is 12.7. The van der Waals surface area contributed by atoms with Gasteiger partial charge in [0.15, 0.2) is 0 Å². The van der Waals surface area contributed by atoms with Crippen LogP contribution in [-0.2, 0) is 9.59 Å². The molecule has 0 aliphatic carbocycles. The average Bonchev–Trinajstić information content (AvgIpc) is 2.60. The fraction of sp³-hybridized carbons (Fsp3) is 0.118. The summed E-state index contributed by atoms with van der Waals surface area (Å²) in [5.41, 5.74) is 5.47. The lowest BCUT2D eigenvalue weighted by molar-refractivity contribution is -0.124. The van der Waals surface area contributed by atoms with Gasteiger partial charge in [0.2, 0.25) is 11.8 Å². The van der Waals surface area contributed by atoms with E-state index in [-0.39, 0.29) is 18.7 Å². The molecule has 0 aliphatic heterocycles. The van der Waals surface area contributed by atoms with Gasteiger partial charge in [0.25, 0.3) is 5.91 Å². The molecular formula is C17H16ClN3O3. The Labute approximate surface area is 144 Å². The number of amides is 3. The third kappa shape index (κ3) is 5.40. The van der Waals surface area contributed by atoms with Crippen molar-refractivity contribution in [1.29, 1.82) is 0 Å². The number of hydrazine groups is 1. The summed E-state index contributed by atoms with van der Waals surface area (Å²) >= 11 is 5.93. The summed E-state index contributed by atoms with van der Waals surface area (Å²) in [4.78, 5) is 35.2. The van der Waals surface area contributed by atoms with E-state index in [0.29, 0.717) is 16.3 Å². The Bertz CT molecular complexity index is 735. The lowest BCUT2D eigenvalue weighted by atomic mass is 10.2. The number of carbonyl (C=O) groups excluding carboxylic acids is 3. The molecule has 3 N–H and O–H groups in total. The number of halogens is 1. The first-order chi connectivity index (χ1) is 11.6. The fourth-order valence-electron chi connectivity index (χ4n) is 1.85. The van der Waals surface area contributed by atoms with Gasteiger partial charge in [0.1, 0.15) is 0 Å². The SMILES string of the molecule is O=C(CCC(=O)Nc1ccccc1Cl)NNC(=O)c1ccccc1. The minimum atomic E-state index is -0.464. The van der Waals surface area contributed by atoms with Crippen molar-refractivity contribution >= 4 is 35.0 Å². The zero-order chi connectivity index (χ0) is 17.4. The minimum absolute atomic E-state index is 0.0295. The van der Waals surface area contributed by atoms with E-state index in [2.05, 4.69) is 16.2 Å². The first-order valence-electron chi connectivity index (χ1n) is 7.25. The lowest BCUT2D eigenvalue weighted by Gasteiger charge is -2.08. The quantitative estimate of drug-likeness (QED) is 0.728. The maximum absolute atomic E-state index is 11.8. The van der Waals surface area contributed by atoms with Gasteiger partial charge in [0, 0.05) is 18.4 Å². The molecule has 2 rings (SSSR count). The molecule has 0 radical (unpaired) electrons. The monoisotopic (exact) mass is 345 g/mol. The van der Waals surface area contributed by atoms with Gasteiger partial charge < -0.3 is 5.32 Å². The molecule has 2 aromatic rings. The number of para-hydroxylation sites is 1. The van der Waals surface area contributed by atoms with Crippen molar-refractivity contribution in [2.75, 3.05) is 5.32 Å². The van der Waals surface area contributed by atoms with Gasteiger partial charge in [-0.05, 0) is 24.3 Å². The molecule has 0 bridgehead atoms. The number of hydrogen-bond acceptors (Lipinski definition) is 3. The molecule has 0 atom stereocenters. The van der Waals surface area contributed by atoms with Crippen molar-refractivity contribution in [2.24, 2.45) is 0 Å². The van der Waals surface area contributed by atoms with Crippen LogP contribution in [0.5, 0.6) is 0 Å². The molecule has 0 spiro atoms. The molecule has 124 valence electrons. The number of hydrogen-bond donors (Lipinski definition) is 3. The third-order valence-corrected chi connectivity index (χ3v) is 3.41. The highest BCUT2D eigenvalue weighted by atomic mass is 35.5. The number of carbonyl (C=O) groups is 3. The van der Waals surface area contributed by atoms with E-state index in [9.17, 15) is 14.4 Å². The normalized spacial score (nSPS) is 9.88. The molecule has 7 heteroatoms. The Morgan fingerprint density at radius 3 is 2.12 bits per heavy atom. The zero-order valence-corrected chi connectivity index (χ0v) is 13.5. The second kappa shape index (κ2) is 8.69. The summed E-state index contributed by atoms with van der Waals surface area (Å²) < 4.78 is 0. The van der Waals surface area contributed by atoms with Crippen LogP contribution in [0, 0.1) is 0 Å². The molecule has 0 saturated heterocycles. The molecule has 24 heavy (non-hydrogen) atoms. The van der Waals surface area contributed by atoms with E-state index >= 15 is 0 Å². The highest BCUT2D eigenvalue weighted by Crippen LogP contribution is 2.20. The van der Waals surface area contributed by atoms with Crippen molar-refractivity contribution in [3.63, 3.8) is 0 Å². The fourth-order valence-corrected chi connectivity index (χ4v) is 2.04. The molecule has 0 fully saturated rings. The Morgan fingerprint density at radius 2 is 1.42 bits per heavy atom. The molecule has 0 aliphatic rings. The molecule has 0 heterocycles. The van der Waals surface area contributed by atoms with Crippen LogP contribution in [0.1, 0.15) is 23.2 Å². The predicted octanol–water partition coefficient (Wildman–Crippen LogP) is 2.52. The highest BCUT2D eigenvalue weighted by molar-refractivity contribution is 6.33. The van der Waals surface area contributed by atoms with E-state index in [1.807, 2.05) is 0 Å². The van der Waals surface area contributed by atoms with Crippen LogP contribution in [0.2, 0.25) is 5.02 Å². The van der Waals surface area contributed by atoms with Crippen LogP contribution in [-0.4, -0.2) is 17.7 Å². The summed E-state index contributed by atoms with van der Waals surface area (Å²) in [5.74, 6) is -1.23. The average molecular weight is 346 g/mol. The van der Waals surface area contributed by atoms with Crippen LogP contribution in [0.25, 0.3) is 0 Å². The maximum Gasteiger partial charge on any atom is 0.269 e. The number of anilines is 1. The Kier molecular flexibility index (Phi) is 6.33. The Balaban J connectivity index is 1.72. The maximum atomic E-state index is 11.8. The van der Waals surface area contributed by atoms with Crippen LogP contribution in [0.4, 0.5) is 5.69 Å². The predicted molar refractivity (Wildman–Crippen MR) is 91.4 cm³/mol. The van der Waals surface area contributed by atoms with Crippen molar-refractivity contribution in [1.82, 2.24) is 10.9 Å². The standard InChI is InChI=1S/C17H16ClN3O3/c18-13-8-4-5-9-14(13)19-15(22)10-11-16(23)20-21-17(24)12-6-2-1-3-7-12/h1-9H,10-11H2,(H,19,22)(H,20,23)(H,21,24). The minimum Gasteiger partial charge on any atom is -0.325 e. The van der Waals surface area contributed by atoms with E-state index in [1.54, 1.807) is 54.6 Å². The topological polar surface area (TPSA) is 87.3 Å². The third-order valence-electron chi connectivity index (χ3n) is 3.08. The summed E-state index contributed by atoms with van der Waals surface area (Å²) in [7, 11) is 0. The smallest absolute Gasteiger partial charge is 0.269 e. The van der Waals surface area contributed by atoms with E-state index in [4.69, 9.17) is 11.6 Å². The van der Waals surface area contributed by atoms with Crippen molar-refractivity contribution < 1.29 is 14.4 Å². The molecule has 0 unspecified atom stereocenters. The first kappa shape index (κ1) is 17.5. The van der Waals surface area contributed by atoms with Gasteiger partial charge in [-0.1, -0.05) is 41.9 Å². The molecule has 6 nitrogen and oxygen atoms in total. The van der Waals surface area contributed by atoms with Crippen LogP contribution >= 0.6 is 11.6 Å². The summed E-state index contributed by atoms with van der Waals surface area (Å²) in [6.45, 7) is 0. The molecule has 3 amide bonds. The van der Waals surface area contributed by atoms with Gasteiger partial charge in [-0.3, -0.25) is 25.2 Å². The summed E-state index contributed by atoms with van der Waals surface area (Å²) in [6, 6.07) is 15.3. The van der Waals surface area contributed by atoms with E-state index in [1.165, 1.54) is 0 Å². The molecule has 0 saturated carbocycles. The number of rotatable bonds is 5.